The topological polar surface area (TPSA) is 38.7 Å². The largest absolute Gasteiger partial charge is 0.497 e. The first kappa shape index (κ1) is 10.3. The molecule has 1 N–H and O–H groups in total. The van der Waals surface area contributed by atoms with E-state index in [9.17, 15) is 5.11 Å². The molecule has 0 bridgehead atoms. The van der Waals surface area contributed by atoms with E-state index in [0.717, 1.165) is 35.5 Å². The summed E-state index contributed by atoms with van der Waals surface area (Å²) in [6.07, 6.45) is 1.60. The maximum Gasteiger partial charge on any atom is 0.128 e. The molecule has 0 aromatic heterocycles. The maximum atomic E-state index is 10.1. The van der Waals surface area contributed by atoms with Gasteiger partial charge in [0.25, 0.3) is 0 Å². The van der Waals surface area contributed by atoms with Crippen LogP contribution in [-0.4, -0.2) is 19.3 Å². The smallest absolute Gasteiger partial charge is 0.128 e. The van der Waals surface area contributed by atoms with Crippen molar-refractivity contribution < 1.29 is 14.6 Å². The number of methoxy groups -OCH3 is 2. The van der Waals surface area contributed by atoms with Crippen molar-refractivity contribution in [1.29, 1.82) is 0 Å². The number of hydrogen-bond acceptors (Lipinski definition) is 3. The van der Waals surface area contributed by atoms with Gasteiger partial charge in [-0.25, -0.2) is 0 Å². The maximum absolute atomic E-state index is 10.1. The first-order valence-corrected chi connectivity index (χ1v) is 5.06. The second-order valence-corrected chi connectivity index (χ2v) is 4.06. The fourth-order valence-corrected chi connectivity index (χ4v) is 1.86. The highest BCUT2D eigenvalue weighted by molar-refractivity contribution is 5.51. The quantitative estimate of drug-likeness (QED) is 0.825. The Morgan fingerprint density at radius 2 is 1.87 bits per heavy atom. The van der Waals surface area contributed by atoms with Crippen LogP contribution in [0, 0.1) is 6.92 Å². The van der Waals surface area contributed by atoms with E-state index in [2.05, 4.69) is 0 Å². The van der Waals surface area contributed by atoms with Crippen LogP contribution in [0.2, 0.25) is 0 Å². The van der Waals surface area contributed by atoms with Crippen LogP contribution in [0.5, 0.6) is 11.5 Å². The number of aliphatic hydroxyl groups is 1. The number of aryl methyl sites for hydroxylation is 1. The zero-order valence-corrected chi connectivity index (χ0v) is 9.33. The summed E-state index contributed by atoms with van der Waals surface area (Å²) in [6, 6.07) is 3.77. The first-order chi connectivity index (χ1) is 7.10. The fraction of sp³-hybridized carbons (Fsp3) is 0.500. The van der Waals surface area contributed by atoms with Crippen LogP contribution in [0.15, 0.2) is 12.1 Å². The number of rotatable bonds is 3. The van der Waals surface area contributed by atoms with E-state index in [1.807, 2.05) is 19.1 Å². The van der Waals surface area contributed by atoms with Gasteiger partial charge in [0.05, 0.1) is 19.8 Å². The Morgan fingerprint density at radius 1 is 1.20 bits per heavy atom. The number of ether oxygens (including phenoxy) is 2. The van der Waals surface area contributed by atoms with Gasteiger partial charge in [-0.05, 0) is 37.5 Å². The fourth-order valence-electron chi connectivity index (χ4n) is 1.86. The first-order valence-electron chi connectivity index (χ1n) is 5.06. The SMILES string of the molecule is COc1cc(C)c(OC)c(C2(O)CC2)c1. The molecule has 1 fully saturated rings. The molecule has 0 heterocycles. The van der Waals surface area contributed by atoms with Gasteiger partial charge in [-0.15, -0.1) is 0 Å². The lowest BCUT2D eigenvalue weighted by Crippen LogP contribution is -2.08. The molecule has 2 rings (SSSR count). The average Bonchev–Trinajstić information content (AvgIpc) is 2.96. The van der Waals surface area contributed by atoms with E-state index in [1.54, 1.807) is 14.2 Å². The lowest BCUT2D eigenvalue weighted by Gasteiger charge is -2.17. The van der Waals surface area contributed by atoms with Crippen molar-refractivity contribution in [2.75, 3.05) is 14.2 Å². The third-order valence-electron chi connectivity index (χ3n) is 2.91. The Balaban J connectivity index is 2.53. The Kier molecular flexibility index (Phi) is 2.35. The van der Waals surface area contributed by atoms with Crippen molar-refractivity contribution >= 4 is 0 Å². The molecule has 0 saturated heterocycles. The summed E-state index contributed by atoms with van der Waals surface area (Å²) in [7, 11) is 3.26. The highest BCUT2D eigenvalue weighted by Gasteiger charge is 2.44. The molecule has 0 atom stereocenters. The van der Waals surface area contributed by atoms with E-state index >= 15 is 0 Å². The Hall–Kier alpha value is -1.22. The summed E-state index contributed by atoms with van der Waals surface area (Å²) in [5.41, 5.74) is 1.15. The second-order valence-electron chi connectivity index (χ2n) is 4.06. The van der Waals surface area contributed by atoms with Crippen molar-refractivity contribution in [2.45, 2.75) is 25.4 Å². The van der Waals surface area contributed by atoms with E-state index in [0.29, 0.717) is 0 Å². The Bertz CT molecular complexity index is 381. The summed E-state index contributed by atoms with van der Waals surface area (Å²) < 4.78 is 10.5. The molecule has 1 saturated carbocycles. The predicted octanol–water partition coefficient (Wildman–Crippen LogP) is 1.99. The predicted molar refractivity (Wildman–Crippen MR) is 57.4 cm³/mol. The van der Waals surface area contributed by atoms with Gasteiger partial charge in [0, 0.05) is 5.56 Å². The summed E-state index contributed by atoms with van der Waals surface area (Å²) in [4.78, 5) is 0. The molecule has 1 aromatic carbocycles. The molecular weight excluding hydrogens is 192 g/mol. The van der Waals surface area contributed by atoms with Crippen LogP contribution >= 0.6 is 0 Å². The van der Waals surface area contributed by atoms with Crippen molar-refractivity contribution in [3.05, 3.63) is 23.3 Å². The van der Waals surface area contributed by atoms with Crippen molar-refractivity contribution in [2.24, 2.45) is 0 Å². The Morgan fingerprint density at radius 3 is 2.33 bits per heavy atom. The van der Waals surface area contributed by atoms with Crippen molar-refractivity contribution in [1.82, 2.24) is 0 Å². The minimum atomic E-state index is -0.690. The van der Waals surface area contributed by atoms with Gasteiger partial charge >= 0.3 is 0 Å². The molecule has 0 amide bonds. The standard InChI is InChI=1S/C12H16O3/c1-8-6-9(14-2)7-10(11(8)15-3)12(13)4-5-12/h6-7,13H,4-5H2,1-3H3. The highest BCUT2D eigenvalue weighted by atomic mass is 16.5. The average molecular weight is 208 g/mol. The minimum absolute atomic E-state index is 0.690. The molecule has 15 heavy (non-hydrogen) atoms. The van der Waals surface area contributed by atoms with E-state index in [-0.39, 0.29) is 0 Å². The lowest BCUT2D eigenvalue weighted by molar-refractivity contribution is 0.147. The summed E-state index contributed by atoms with van der Waals surface area (Å²) >= 11 is 0. The zero-order chi connectivity index (χ0) is 11.1. The van der Waals surface area contributed by atoms with Crippen LogP contribution in [-0.2, 0) is 5.60 Å². The number of benzene rings is 1. The van der Waals surface area contributed by atoms with Gasteiger partial charge in [0.15, 0.2) is 0 Å². The van der Waals surface area contributed by atoms with Gasteiger partial charge in [-0.1, -0.05) is 0 Å². The minimum Gasteiger partial charge on any atom is -0.497 e. The van der Waals surface area contributed by atoms with Crippen LogP contribution in [0.3, 0.4) is 0 Å². The molecule has 1 aliphatic carbocycles. The van der Waals surface area contributed by atoms with Gasteiger partial charge in [0.1, 0.15) is 11.5 Å². The van der Waals surface area contributed by atoms with Crippen LogP contribution in [0.25, 0.3) is 0 Å². The molecule has 82 valence electrons. The highest BCUT2D eigenvalue weighted by Crippen LogP contribution is 2.50. The van der Waals surface area contributed by atoms with E-state index < -0.39 is 5.60 Å². The molecule has 0 unspecified atom stereocenters. The molecule has 3 nitrogen and oxygen atoms in total. The molecular formula is C12H16O3. The monoisotopic (exact) mass is 208 g/mol. The van der Waals surface area contributed by atoms with Gasteiger partial charge in [0.2, 0.25) is 0 Å². The zero-order valence-electron chi connectivity index (χ0n) is 9.33. The van der Waals surface area contributed by atoms with Crippen LogP contribution < -0.4 is 9.47 Å². The van der Waals surface area contributed by atoms with Crippen LogP contribution in [0.4, 0.5) is 0 Å². The van der Waals surface area contributed by atoms with Gasteiger partial charge < -0.3 is 14.6 Å². The van der Waals surface area contributed by atoms with E-state index in [1.165, 1.54) is 0 Å². The molecule has 3 heteroatoms. The summed E-state index contributed by atoms with van der Waals surface area (Å²) in [6.45, 7) is 1.95. The summed E-state index contributed by atoms with van der Waals surface area (Å²) in [5.74, 6) is 1.54. The van der Waals surface area contributed by atoms with Gasteiger partial charge in [-0.2, -0.15) is 0 Å². The molecule has 1 aliphatic rings. The van der Waals surface area contributed by atoms with Crippen molar-refractivity contribution in [3.8, 4) is 11.5 Å². The molecule has 0 radical (unpaired) electrons. The lowest BCUT2D eigenvalue weighted by atomic mass is 10.0. The van der Waals surface area contributed by atoms with Crippen molar-refractivity contribution in [3.63, 3.8) is 0 Å². The number of hydrogen-bond donors (Lipinski definition) is 1. The second kappa shape index (κ2) is 3.42. The molecule has 1 aromatic rings. The summed E-state index contributed by atoms with van der Waals surface area (Å²) in [5, 5.41) is 10.1. The third kappa shape index (κ3) is 1.67. The van der Waals surface area contributed by atoms with E-state index in [4.69, 9.17) is 9.47 Å². The normalized spacial score (nSPS) is 17.3. The Labute approximate surface area is 89.6 Å². The molecule has 0 spiro atoms. The third-order valence-corrected chi connectivity index (χ3v) is 2.91. The van der Waals surface area contributed by atoms with Gasteiger partial charge in [-0.3, -0.25) is 0 Å². The van der Waals surface area contributed by atoms with Crippen LogP contribution in [0.1, 0.15) is 24.0 Å². The molecule has 0 aliphatic heterocycles.